The first-order valence-electron chi connectivity index (χ1n) is 6.87. The van der Waals surface area contributed by atoms with Crippen molar-refractivity contribution in [1.82, 2.24) is 4.31 Å². The van der Waals surface area contributed by atoms with Crippen LogP contribution in [0.3, 0.4) is 0 Å². The summed E-state index contributed by atoms with van der Waals surface area (Å²) in [6.45, 7) is 0.368. The van der Waals surface area contributed by atoms with Gasteiger partial charge in [-0.15, -0.1) is 0 Å². The first kappa shape index (κ1) is 15.3. The van der Waals surface area contributed by atoms with Gasteiger partial charge in [0.1, 0.15) is 11.2 Å². The van der Waals surface area contributed by atoms with E-state index >= 15 is 0 Å². The van der Waals surface area contributed by atoms with E-state index in [9.17, 15) is 18.3 Å². The van der Waals surface area contributed by atoms with Crippen LogP contribution < -0.4 is 4.74 Å². The molecule has 1 aromatic carbocycles. The molecule has 0 aromatic heterocycles. The summed E-state index contributed by atoms with van der Waals surface area (Å²) in [5.74, 6) is -0.457. The van der Waals surface area contributed by atoms with Gasteiger partial charge in [-0.1, -0.05) is 6.07 Å². The zero-order chi connectivity index (χ0) is 16.0. The molecule has 0 bridgehead atoms. The van der Waals surface area contributed by atoms with Crippen LogP contribution in [0.1, 0.15) is 5.56 Å². The fraction of sp³-hybridized carbons (Fsp3) is 0.500. The van der Waals surface area contributed by atoms with Crippen molar-refractivity contribution >= 4 is 16.0 Å². The molecule has 0 unspecified atom stereocenters. The maximum absolute atomic E-state index is 12.6. The number of fused-ring (bicyclic) bond motifs is 1. The average molecular weight is 327 g/mol. The number of aliphatic carboxylic acids is 1. The van der Waals surface area contributed by atoms with E-state index in [1.165, 1.54) is 13.2 Å². The molecule has 1 fully saturated rings. The first-order valence-corrected chi connectivity index (χ1v) is 8.31. The van der Waals surface area contributed by atoms with Gasteiger partial charge in [0.05, 0.1) is 18.1 Å². The van der Waals surface area contributed by atoms with E-state index in [0.29, 0.717) is 12.4 Å². The van der Waals surface area contributed by atoms with Crippen LogP contribution >= 0.6 is 0 Å². The number of nitrogens with zero attached hydrogens (tertiary/aromatic N) is 1. The second kappa shape index (κ2) is 5.22. The van der Waals surface area contributed by atoms with E-state index in [2.05, 4.69) is 0 Å². The van der Waals surface area contributed by atoms with Gasteiger partial charge in [0.25, 0.3) is 0 Å². The number of ether oxygens (including phenoxy) is 2. The second-order valence-corrected chi connectivity index (χ2v) is 7.60. The van der Waals surface area contributed by atoms with E-state index in [4.69, 9.17) is 9.47 Å². The minimum Gasteiger partial charge on any atom is -0.493 e. The van der Waals surface area contributed by atoms with Crippen molar-refractivity contribution in [1.29, 1.82) is 0 Å². The Morgan fingerprint density at radius 2 is 2.18 bits per heavy atom. The van der Waals surface area contributed by atoms with Crippen molar-refractivity contribution in [2.75, 3.05) is 33.4 Å². The molecule has 7 nitrogen and oxygen atoms in total. The van der Waals surface area contributed by atoms with Crippen LogP contribution in [0.5, 0.6) is 5.75 Å². The summed E-state index contributed by atoms with van der Waals surface area (Å²) in [4.78, 5) is 11.5. The summed E-state index contributed by atoms with van der Waals surface area (Å²) < 4.78 is 36.6. The molecular formula is C14H17NO6S. The van der Waals surface area contributed by atoms with Crippen LogP contribution in [0, 0.1) is 5.41 Å². The molecule has 0 radical (unpaired) electrons. The van der Waals surface area contributed by atoms with Crippen molar-refractivity contribution in [3.05, 3.63) is 23.8 Å². The van der Waals surface area contributed by atoms with Crippen LogP contribution in [0.2, 0.25) is 0 Å². The van der Waals surface area contributed by atoms with Crippen molar-refractivity contribution < 1.29 is 27.8 Å². The van der Waals surface area contributed by atoms with E-state index in [-0.39, 0.29) is 24.6 Å². The molecule has 0 spiro atoms. The lowest BCUT2D eigenvalue weighted by molar-refractivity contribution is -0.161. The van der Waals surface area contributed by atoms with E-state index in [1.807, 2.05) is 0 Å². The molecule has 1 saturated heterocycles. The molecule has 2 aliphatic rings. The highest BCUT2D eigenvalue weighted by atomic mass is 32.2. The fourth-order valence-electron chi connectivity index (χ4n) is 2.82. The van der Waals surface area contributed by atoms with Crippen molar-refractivity contribution in [3.8, 4) is 5.75 Å². The van der Waals surface area contributed by atoms with Gasteiger partial charge in [0.15, 0.2) is 0 Å². The molecule has 2 aliphatic heterocycles. The van der Waals surface area contributed by atoms with Gasteiger partial charge in [0.2, 0.25) is 10.0 Å². The number of carboxylic acids is 1. The molecule has 8 heteroatoms. The molecule has 3 rings (SSSR count). The Labute approximate surface area is 128 Å². The molecule has 0 saturated carbocycles. The van der Waals surface area contributed by atoms with Crippen molar-refractivity contribution in [2.45, 2.75) is 11.3 Å². The number of hydrogen-bond acceptors (Lipinski definition) is 5. The molecule has 0 aliphatic carbocycles. The molecule has 2 heterocycles. The SMILES string of the molecule is COCC1(C(=O)O)CN(S(=O)(=O)c2ccc3c(c2)OCC3)C1. The Bertz CT molecular complexity index is 708. The molecule has 0 atom stereocenters. The summed E-state index contributed by atoms with van der Waals surface area (Å²) in [6.07, 6.45) is 0.773. The summed E-state index contributed by atoms with van der Waals surface area (Å²) in [6, 6.07) is 4.79. The molecule has 22 heavy (non-hydrogen) atoms. The summed E-state index contributed by atoms with van der Waals surface area (Å²) in [5, 5.41) is 9.27. The van der Waals surface area contributed by atoms with Gasteiger partial charge in [-0.2, -0.15) is 4.31 Å². The molecular weight excluding hydrogens is 310 g/mol. The first-order chi connectivity index (χ1) is 10.4. The summed E-state index contributed by atoms with van der Waals surface area (Å²) in [5.41, 5.74) is -0.170. The van der Waals surface area contributed by atoms with Crippen LogP contribution in [0.15, 0.2) is 23.1 Å². The van der Waals surface area contributed by atoms with Crippen molar-refractivity contribution in [3.63, 3.8) is 0 Å². The Hall–Kier alpha value is -1.64. The average Bonchev–Trinajstić information content (AvgIpc) is 2.88. The maximum Gasteiger partial charge on any atom is 0.314 e. The minimum absolute atomic E-state index is 0.0122. The third-order valence-corrected chi connectivity index (χ3v) is 5.93. The fourth-order valence-corrected chi connectivity index (χ4v) is 4.45. The maximum atomic E-state index is 12.6. The predicted octanol–water partition coefficient (Wildman–Crippen LogP) is 0.343. The third-order valence-electron chi connectivity index (χ3n) is 4.14. The Balaban J connectivity index is 1.82. The largest absolute Gasteiger partial charge is 0.493 e. The van der Waals surface area contributed by atoms with Crippen molar-refractivity contribution in [2.24, 2.45) is 5.41 Å². The lowest BCUT2D eigenvalue weighted by atomic mass is 9.83. The van der Waals surface area contributed by atoms with Gasteiger partial charge in [0, 0.05) is 32.7 Å². The zero-order valence-electron chi connectivity index (χ0n) is 12.1. The lowest BCUT2D eigenvalue weighted by Gasteiger charge is -2.45. The van der Waals surface area contributed by atoms with Gasteiger partial charge in [-0.05, 0) is 11.6 Å². The molecule has 1 aromatic rings. The van der Waals surface area contributed by atoms with Crippen LogP contribution in [0.25, 0.3) is 0 Å². The van der Waals surface area contributed by atoms with Gasteiger partial charge in [-0.25, -0.2) is 8.42 Å². The van der Waals surface area contributed by atoms with E-state index < -0.39 is 21.4 Å². The smallest absolute Gasteiger partial charge is 0.314 e. The van der Waals surface area contributed by atoms with Crippen LogP contribution in [0.4, 0.5) is 0 Å². The lowest BCUT2D eigenvalue weighted by Crippen LogP contribution is -2.63. The molecule has 120 valence electrons. The normalized spacial score (nSPS) is 20.0. The van der Waals surface area contributed by atoms with Gasteiger partial charge >= 0.3 is 5.97 Å². The highest BCUT2D eigenvalue weighted by molar-refractivity contribution is 7.89. The number of carbonyl (C=O) groups is 1. The number of benzene rings is 1. The highest BCUT2D eigenvalue weighted by Gasteiger charge is 2.54. The van der Waals surface area contributed by atoms with E-state index in [1.54, 1.807) is 12.1 Å². The van der Waals surface area contributed by atoms with Crippen LogP contribution in [-0.2, 0) is 26.0 Å². The predicted molar refractivity (Wildman–Crippen MR) is 76.3 cm³/mol. The highest BCUT2D eigenvalue weighted by Crippen LogP contribution is 2.37. The van der Waals surface area contributed by atoms with Gasteiger partial charge in [-0.3, -0.25) is 4.79 Å². The zero-order valence-corrected chi connectivity index (χ0v) is 12.9. The number of carboxylic acid groups (broad SMARTS) is 1. The topological polar surface area (TPSA) is 93.1 Å². The van der Waals surface area contributed by atoms with E-state index in [0.717, 1.165) is 16.3 Å². The Kier molecular flexibility index (Phi) is 3.62. The Morgan fingerprint density at radius 3 is 2.82 bits per heavy atom. The number of rotatable bonds is 5. The standard InChI is InChI=1S/C14H17NO6S/c1-20-9-14(13(16)17)7-15(8-14)22(18,19)11-3-2-10-4-5-21-12(10)6-11/h2-3,6H,4-5,7-9H2,1H3,(H,16,17). The minimum atomic E-state index is -3.71. The third kappa shape index (κ3) is 2.27. The number of sulfonamides is 1. The Morgan fingerprint density at radius 1 is 1.45 bits per heavy atom. The number of methoxy groups -OCH3 is 1. The summed E-state index contributed by atoms with van der Waals surface area (Å²) in [7, 11) is -2.31. The summed E-state index contributed by atoms with van der Waals surface area (Å²) >= 11 is 0. The molecule has 1 N–H and O–H groups in total. The second-order valence-electron chi connectivity index (χ2n) is 5.66. The number of hydrogen-bond donors (Lipinski definition) is 1. The quantitative estimate of drug-likeness (QED) is 0.838. The molecule has 0 amide bonds. The van der Waals surface area contributed by atoms with Crippen LogP contribution in [-0.4, -0.2) is 57.2 Å². The monoisotopic (exact) mass is 327 g/mol. The van der Waals surface area contributed by atoms with Gasteiger partial charge < -0.3 is 14.6 Å².